The number of hydrogen-bond acceptors (Lipinski definition) is 5. The molecule has 0 spiro atoms. The fraction of sp³-hybridized carbons (Fsp3) is 0.667. The van der Waals surface area contributed by atoms with Gasteiger partial charge in [0, 0.05) is 13.6 Å². The first-order chi connectivity index (χ1) is 7.29. The minimum Gasteiger partial charge on any atom is -0.357 e. The van der Waals surface area contributed by atoms with Crippen LogP contribution in [0.1, 0.15) is 6.42 Å². The zero-order valence-electron chi connectivity index (χ0n) is 8.73. The fourth-order valence-corrected chi connectivity index (χ4v) is 1.75. The number of anilines is 1. The van der Waals surface area contributed by atoms with Gasteiger partial charge in [-0.2, -0.15) is 4.98 Å². The molecule has 1 atom stereocenters. The molecule has 2 heterocycles. The maximum atomic E-state index is 11.5. The molecule has 1 aliphatic rings. The molecule has 0 aliphatic carbocycles. The Labute approximate surface area is 87.7 Å². The number of aromatic nitrogens is 3. The predicted molar refractivity (Wildman–Crippen MR) is 56.8 cm³/mol. The normalized spacial score (nSPS) is 20.5. The van der Waals surface area contributed by atoms with E-state index in [2.05, 4.69) is 20.6 Å². The van der Waals surface area contributed by atoms with Gasteiger partial charge < -0.3 is 10.6 Å². The first-order valence-corrected chi connectivity index (χ1v) is 5.11. The summed E-state index contributed by atoms with van der Waals surface area (Å²) < 4.78 is 1.57. The van der Waals surface area contributed by atoms with Gasteiger partial charge in [0.2, 0.25) is 5.95 Å². The molecule has 0 radical (unpaired) electrons. The summed E-state index contributed by atoms with van der Waals surface area (Å²) in [5.41, 5.74) is -0.235. The highest BCUT2D eigenvalue weighted by molar-refractivity contribution is 5.18. The molecule has 0 bridgehead atoms. The Morgan fingerprint density at radius 2 is 2.60 bits per heavy atom. The van der Waals surface area contributed by atoms with Crippen LogP contribution in [-0.4, -0.2) is 34.7 Å². The topological polar surface area (TPSA) is 71.8 Å². The van der Waals surface area contributed by atoms with E-state index in [-0.39, 0.29) is 5.69 Å². The van der Waals surface area contributed by atoms with E-state index in [9.17, 15) is 4.79 Å². The summed E-state index contributed by atoms with van der Waals surface area (Å²) in [4.78, 5) is 19.4. The van der Waals surface area contributed by atoms with E-state index in [1.54, 1.807) is 17.9 Å². The quantitative estimate of drug-likeness (QED) is 0.688. The van der Waals surface area contributed by atoms with Gasteiger partial charge in [-0.1, -0.05) is 0 Å². The molecular weight excluding hydrogens is 194 g/mol. The van der Waals surface area contributed by atoms with Crippen molar-refractivity contribution >= 4 is 5.95 Å². The van der Waals surface area contributed by atoms with Crippen LogP contribution in [0.3, 0.4) is 0 Å². The first kappa shape index (κ1) is 10.1. The third-order valence-corrected chi connectivity index (χ3v) is 2.61. The molecule has 0 saturated carbocycles. The van der Waals surface area contributed by atoms with Crippen LogP contribution in [0.15, 0.2) is 11.1 Å². The van der Waals surface area contributed by atoms with Gasteiger partial charge in [-0.3, -0.25) is 4.57 Å². The van der Waals surface area contributed by atoms with Crippen molar-refractivity contribution in [2.75, 3.05) is 25.5 Å². The smallest absolute Gasteiger partial charge is 0.352 e. The molecule has 6 nitrogen and oxygen atoms in total. The summed E-state index contributed by atoms with van der Waals surface area (Å²) >= 11 is 0. The van der Waals surface area contributed by atoms with Crippen LogP contribution in [0.4, 0.5) is 5.95 Å². The molecule has 2 rings (SSSR count). The monoisotopic (exact) mass is 209 g/mol. The summed E-state index contributed by atoms with van der Waals surface area (Å²) in [5, 5.41) is 6.01. The second-order valence-electron chi connectivity index (χ2n) is 3.72. The number of rotatable bonds is 3. The minimum absolute atomic E-state index is 0.235. The Kier molecular flexibility index (Phi) is 2.96. The molecule has 1 aliphatic heterocycles. The van der Waals surface area contributed by atoms with Crippen LogP contribution >= 0.6 is 0 Å². The van der Waals surface area contributed by atoms with Gasteiger partial charge in [0.05, 0.1) is 0 Å². The molecule has 1 aromatic rings. The Bertz CT molecular complexity index is 382. The van der Waals surface area contributed by atoms with Crippen LogP contribution in [-0.2, 0) is 6.54 Å². The second-order valence-corrected chi connectivity index (χ2v) is 3.72. The lowest BCUT2D eigenvalue weighted by Crippen LogP contribution is -2.28. The van der Waals surface area contributed by atoms with E-state index in [0.29, 0.717) is 18.4 Å². The molecule has 1 fully saturated rings. The summed E-state index contributed by atoms with van der Waals surface area (Å²) in [7, 11) is 1.69. The van der Waals surface area contributed by atoms with E-state index >= 15 is 0 Å². The van der Waals surface area contributed by atoms with Gasteiger partial charge in [-0.15, -0.1) is 0 Å². The third kappa shape index (κ3) is 2.33. The molecular formula is C9H15N5O. The lowest BCUT2D eigenvalue weighted by atomic mass is 10.1. The Hall–Kier alpha value is -1.43. The van der Waals surface area contributed by atoms with Crippen molar-refractivity contribution in [2.45, 2.75) is 13.0 Å². The molecule has 1 aromatic heterocycles. The standard InChI is InChI=1S/C9H15N5O/c1-10-8-12-6-14(9(15)13-8)5-7-2-3-11-4-7/h6-7,11H,2-5H2,1H3,(H,10,13,15). The van der Waals surface area contributed by atoms with E-state index in [0.717, 1.165) is 19.5 Å². The highest BCUT2D eigenvalue weighted by atomic mass is 16.1. The van der Waals surface area contributed by atoms with Crippen molar-refractivity contribution in [1.29, 1.82) is 0 Å². The van der Waals surface area contributed by atoms with Gasteiger partial charge in [0.15, 0.2) is 0 Å². The average Bonchev–Trinajstić information content (AvgIpc) is 2.74. The minimum atomic E-state index is -0.235. The number of hydrogen-bond donors (Lipinski definition) is 2. The highest BCUT2D eigenvalue weighted by Gasteiger charge is 2.15. The van der Waals surface area contributed by atoms with Gasteiger partial charge in [-0.05, 0) is 25.4 Å². The molecule has 0 aromatic carbocycles. The molecule has 1 saturated heterocycles. The Morgan fingerprint density at radius 1 is 1.73 bits per heavy atom. The zero-order valence-corrected chi connectivity index (χ0v) is 8.73. The van der Waals surface area contributed by atoms with E-state index in [1.807, 2.05) is 0 Å². The Morgan fingerprint density at radius 3 is 3.20 bits per heavy atom. The zero-order chi connectivity index (χ0) is 10.7. The fourth-order valence-electron chi connectivity index (χ4n) is 1.75. The van der Waals surface area contributed by atoms with E-state index < -0.39 is 0 Å². The molecule has 2 N–H and O–H groups in total. The van der Waals surface area contributed by atoms with Crippen LogP contribution in [0.25, 0.3) is 0 Å². The molecule has 6 heteroatoms. The van der Waals surface area contributed by atoms with E-state index in [4.69, 9.17) is 0 Å². The SMILES string of the molecule is CNc1ncn(CC2CCNC2)c(=O)n1. The maximum Gasteiger partial charge on any atom is 0.352 e. The van der Waals surface area contributed by atoms with Gasteiger partial charge in [0.25, 0.3) is 0 Å². The molecule has 0 amide bonds. The number of nitrogens with zero attached hydrogens (tertiary/aromatic N) is 3. The van der Waals surface area contributed by atoms with Crippen LogP contribution in [0.5, 0.6) is 0 Å². The van der Waals surface area contributed by atoms with Crippen molar-refractivity contribution in [2.24, 2.45) is 5.92 Å². The van der Waals surface area contributed by atoms with Crippen molar-refractivity contribution in [1.82, 2.24) is 19.9 Å². The summed E-state index contributed by atoms with van der Waals surface area (Å²) in [6.45, 7) is 2.71. The summed E-state index contributed by atoms with van der Waals surface area (Å²) in [6, 6.07) is 0. The van der Waals surface area contributed by atoms with Gasteiger partial charge >= 0.3 is 5.69 Å². The molecule has 1 unspecified atom stereocenters. The Balaban J connectivity index is 2.11. The van der Waals surface area contributed by atoms with Gasteiger partial charge in [-0.25, -0.2) is 9.78 Å². The lowest BCUT2D eigenvalue weighted by Gasteiger charge is -2.09. The summed E-state index contributed by atoms with van der Waals surface area (Å²) in [6.07, 6.45) is 2.67. The highest BCUT2D eigenvalue weighted by Crippen LogP contribution is 2.08. The first-order valence-electron chi connectivity index (χ1n) is 5.11. The number of nitrogens with one attached hydrogen (secondary N) is 2. The molecule has 15 heavy (non-hydrogen) atoms. The van der Waals surface area contributed by atoms with Crippen molar-refractivity contribution < 1.29 is 0 Å². The third-order valence-electron chi connectivity index (χ3n) is 2.61. The predicted octanol–water partition coefficient (Wildman–Crippen LogP) is -0.710. The average molecular weight is 209 g/mol. The largest absolute Gasteiger partial charge is 0.357 e. The summed E-state index contributed by atoms with van der Waals surface area (Å²) in [5.74, 6) is 0.896. The second kappa shape index (κ2) is 4.39. The lowest BCUT2D eigenvalue weighted by molar-refractivity contribution is 0.461. The van der Waals surface area contributed by atoms with Crippen LogP contribution < -0.4 is 16.3 Å². The van der Waals surface area contributed by atoms with Crippen molar-refractivity contribution in [3.8, 4) is 0 Å². The van der Waals surface area contributed by atoms with Crippen molar-refractivity contribution in [3.05, 3.63) is 16.8 Å². The van der Waals surface area contributed by atoms with Gasteiger partial charge in [0.1, 0.15) is 6.33 Å². The maximum absolute atomic E-state index is 11.5. The van der Waals surface area contributed by atoms with Crippen LogP contribution in [0.2, 0.25) is 0 Å². The van der Waals surface area contributed by atoms with Crippen LogP contribution in [0, 0.1) is 5.92 Å². The molecule has 82 valence electrons. The van der Waals surface area contributed by atoms with E-state index in [1.165, 1.54) is 0 Å². The van der Waals surface area contributed by atoms with Crippen molar-refractivity contribution in [3.63, 3.8) is 0 Å².